The summed E-state index contributed by atoms with van der Waals surface area (Å²) in [6.07, 6.45) is 1.34. The fourth-order valence-electron chi connectivity index (χ4n) is 3.05. The Morgan fingerprint density at radius 3 is 2.13 bits per heavy atom. The van der Waals surface area contributed by atoms with Crippen LogP contribution in [-0.4, -0.2) is 68.2 Å². The Morgan fingerprint density at radius 2 is 1.67 bits per heavy atom. The first-order valence-electron chi connectivity index (χ1n) is 11.2. The normalized spacial score (nSPS) is 12.9. The minimum atomic E-state index is -0.519. The van der Waals surface area contributed by atoms with Crippen LogP contribution in [0.2, 0.25) is 0 Å². The van der Waals surface area contributed by atoms with Crippen LogP contribution in [0.1, 0.15) is 67.7 Å². The molecule has 0 aliphatic heterocycles. The highest BCUT2D eigenvalue weighted by Crippen LogP contribution is 2.15. The molecule has 8 heteroatoms. The third-order valence-electron chi connectivity index (χ3n) is 4.30. The van der Waals surface area contributed by atoms with E-state index in [0.29, 0.717) is 45.3 Å². The maximum Gasteiger partial charge on any atom is 0.407 e. The van der Waals surface area contributed by atoms with Gasteiger partial charge in [-0.25, -0.2) is 4.79 Å². The van der Waals surface area contributed by atoms with Crippen LogP contribution >= 0.6 is 0 Å². The minimum Gasteiger partial charge on any atom is -0.444 e. The molecule has 8 nitrogen and oxygen atoms in total. The molecule has 0 saturated heterocycles. The number of amides is 2. The van der Waals surface area contributed by atoms with E-state index in [1.54, 1.807) is 4.90 Å². The van der Waals surface area contributed by atoms with Crippen molar-refractivity contribution in [3.05, 3.63) is 0 Å². The number of hydrogen-bond acceptors (Lipinski definition) is 6. The minimum absolute atomic E-state index is 0.0377. The fourth-order valence-corrected chi connectivity index (χ4v) is 3.05. The Bertz CT molecular complexity index is 474. The molecule has 30 heavy (non-hydrogen) atoms. The van der Waals surface area contributed by atoms with E-state index >= 15 is 0 Å². The molecule has 0 bridgehead atoms. The molecule has 0 aromatic carbocycles. The van der Waals surface area contributed by atoms with Gasteiger partial charge in [0.15, 0.2) is 6.29 Å². The van der Waals surface area contributed by atoms with E-state index in [1.165, 1.54) is 0 Å². The summed E-state index contributed by atoms with van der Waals surface area (Å²) in [6, 6.07) is 0. The van der Waals surface area contributed by atoms with Gasteiger partial charge in [-0.2, -0.15) is 0 Å². The third kappa shape index (κ3) is 13.8. The van der Waals surface area contributed by atoms with Gasteiger partial charge in [-0.1, -0.05) is 13.8 Å². The zero-order chi connectivity index (χ0) is 23.2. The van der Waals surface area contributed by atoms with Crippen molar-refractivity contribution >= 4 is 12.0 Å². The first-order chi connectivity index (χ1) is 14.0. The highest BCUT2D eigenvalue weighted by molar-refractivity contribution is 5.79. The number of hydrogen-bond donors (Lipinski definition) is 2. The van der Waals surface area contributed by atoms with Gasteiger partial charge in [0.2, 0.25) is 5.91 Å². The lowest BCUT2D eigenvalue weighted by molar-refractivity contribution is -0.161. The predicted octanol–water partition coefficient (Wildman–Crippen LogP) is 3.14. The molecule has 0 aliphatic rings. The lowest BCUT2D eigenvalue weighted by atomic mass is 9.95. The monoisotopic (exact) mass is 431 g/mol. The van der Waals surface area contributed by atoms with E-state index in [-0.39, 0.29) is 11.8 Å². The Kier molecular flexibility index (Phi) is 14.7. The molecular weight excluding hydrogens is 386 g/mol. The molecule has 0 spiro atoms. The molecule has 1 atom stereocenters. The number of nitrogens with one attached hydrogen (secondary N) is 1. The van der Waals surface area contributed by atoms with Crippen LogP contribution in [0.25, 0.3) is 0 Å². The summed E-state index contributed by atoms with van der Waals surface area (Å²) in [5.74, 6) is 0.210. The van der Waals surface area contributed by atoms with Gasteiger partial charge in [0, 0.05) is 32.8 Å². The second-order valence-electron chi connectivity index (χ2n) is 8.82. The summed E-state index contributed by atoms with van der Waals surface area (Å²) >= 11 is 0. The average Bonchev–Trinajstić information content (AvgIpc) is 2.63. The molecule has 0 aliphatic carbocycles. The Morgan fingerprint density at radius 1 is 1.07 bits per heavy atom. The Balaban J connectivity index is 4.83. The fraction of sp³-hybridized carbons (Fsp3) is 0.909. The molecule has 2 amide bonds. The van der Waals surface area contributed by atoms with E-state index in [1.807, 2.05) is 34.6 Å². The van der Waals surface area contributed by atoms with Crippen molar-refractivity contribution in [3.63, 3.8) is 0 Å². The van der Waals surface area contributed by atoms with Crippen LogP contribution in [0.3, 0.4) is 0 Å². The molecule has 0 saturated carbocycles. The summed E-state index contributed by atoms with van der Waals surface area (Å²) in [5.41, 5.74) is 5.38. The van der Waals surface area contributed by atoms with Crippen LogP contribution < -0.4 is 11.1 Å². The number of rotatable bonds is 15. The van der Waals surface area contributed by atoms with E-state index in [4.69, 9.17) is 19.9 Å². The molecule has 178 valence electrons. The molecule has 3 N–H and O–H groups in total. The van der Waals surface area contributed by atoms with Gasteiger partial charge in [0.05, 0.1) is 12.5 Å². The molecule has 0 rings (SSSR count). The van der Waals surface area contributed by atoms with Gasteiger partial charge in [-0.15, -0.1) is 0 Å². The number of carbonyl (C=O) groups is 2. The van der Waals surface area contributed by atoms with E-state index < -0.39 is 18.0 Å². The largest absolute Gasteiger partial charge is 0.444 e. The molecule has 0 aromatic heterocycles. The van der Waals surface area contributed by atoms with Gasteiger partial charge in [-0.3, -0.25) is 4.79 Å². The maximum absolute atomic E-state index is 13.1. The predicted molar refractivity (Wildman–Crippen MR) is 119 cm³/mol. The average molecular weight is 432 g/mol. The topological polar surface area (TPSA) is 103 Å². The summed E-state index contributed by atoms with van der Waals surface area (Å²) in [7, 11) is 0. The number of alkyl carbamates (subject to hydrolysis) is 1. The lowest BCUT2D eigenvalue weighted by Gasteiger charge is -2.31. The van der Waals surface area contributed by atoms with Crippen molar-refractivity contribution in [3.8, 4) is 0 Å². The number of unbranched alkanes of at least 4 members (excludes halogenated alkanes) is 1. The van der Waals surface area contributed by atoms with Crippen molar-refractivity contribution in [1.82, 2.24) is 10.2 Å². The maximum atomic E-state index is 13.1. The zero-order valence-corrected chi connectivity index (χ0v) is 20.2. The number of carbonyl (C=O) groups excluding carboxylic acids is 2. The van der Waals surface area contributed by atoms with Crippen molar-refractivity contribution in [2.24, 2.45) is 17.6 Å². The third-order valence-corrected chi connectivity index (χ3v) is 4.30. The standard InChI is InChI=1S/C22H45N3O5/c1-8-28-19(29-9-2)16-25(20(26)18(15-23)14-17(3)4)13-11-10-12-24-21(27)30-22(5,6)7/h17-19H,8-16,23H2,1-7H3,(H,24,27)/t18-/m1/s1. The van der Waals surface area contributed by atoms with E-state index in [0.717, 1.165) is 19.3 Å². The quantitative estimate of drug-likeness (QED) is 0.305. The van der Waals surface area contributed by atoms with Crippen molar-refractivity contribution < 1.29 is 23.8 Å². The highest BCUT2D eigenvalue weighted by atomic mass is 16.7. The summed E-state index contributed by atoms with van der Waals surface area (Å²) in [5, 5.41) is 2.75. The van der Waals surface area contributed by atoms with Crippen molar-refractivity contribution in [2.45, 2.75) is 79.6 Å². The molecule has 0 fully saturated rings. The number of ether oxygens (including phenoxy) is 3. The number of nitrogens with two attached hydrogens (primary N) is 1. The van der Waals surface area contributed by atoms with Crippen LogP contribution in [0, 0.1) is 11.8 Å². The van der Waals surface area contributed by atoms with Crippen molar-refractivity contribution in [1.29, 1.82) is 0 Å². The smallest absolute Gasteiger partial charge is 0.407 e. The summed E-state index contributed by atoms with van der Waals surface area (Å²) in [6.45, 7) is 16.2. The van der Waals surface area contributed by atoms with Gasteiger partial charge >= 0.3 is 6.09 Å². The Hall–Kier alpha value is -1.38. The van der Waals surface area contributed by atoms with E-state index in [9.17, 15) is 9.59 Å². The van der Waals surface area contributed by atoms with Crippen LogP contribution in [0.15, 0.2) is 0 Å². The second kappa shape index (κ2) is 15.4. The molecule has 0 aromatic rings. The molecule has 0 radical (unpaired) electrons. The second-order valence-corrected chi connectivity index (χ2v) is 8.82. The first kappa shape index (κ1) is 28.6. The van der Waals surface area contributed by atoms with Crippen LogP contribution in [0.4, 0.5) is 4.79 Å². The summed E-state index contributed by atoms with van der Waals surface area (Å²) < 4.78 is 16.5. The van der Waals surface area contributed by atoms with Gasteiger partial charge in [0.1, 0.15) is 5.60 Å². The van der Waals surface area contributed by atoms with Crippen LogP contribution in [-0.2, 0) is 19.0 Å². The highest BCUT2D eigenvalue weighted by Gasteiger charge is 2.26. The SMILES string of the molecule is CCOC(CN(CCCCNC(=O)OC(C)(C)C)C(=O)[C@@H](CN)CC(C)C)OCC. The van der Waals surface area contributed by atoms with Gasteiger partial charge in [0.25, 0.3) is 0 Å². The van der Waals surface area contributed by atoms with Gasteiger partial charge in [-0.05, 0) is 59.8 Å². The zero-order valence-electron chi connectivity index (χ0n) is 20.2. The summed E-state index contributed by atoms with van der Waals surface area (Å²) in [4.78, 5) is 26.7. The molecule has 0 heterocycles. The first-order valence-corrected chi connectivity index (χ1v) is 11.2. The Labute approximate surface area is 183 Å². The lowest BCUT2D eigenvalue weighted by Crippen LogP contribution is -2.45. The van der Waals surface area contributed by atoms with Crippen LogP contribution in [0.5, 0.6) is 0 Å². The van der Waals surface area contributed by atoms with Gasteiger partial charge < -0.3 is 30.2 Å². The molecular formula is C22H45N3O5. The van der Waals surface area contributed by atoms with Crippen molar-refractivity contribution in [2.75, 3.05) is 39.4 Å². The number of nitrogens with zero attached hydrogens (tertiary/aromatic N) is 1. The molecule has 0 unspecified atom stereocenters. The van der Waals surface area contributed by atoms with E-state index in [2.05, 4.69) is 19.2 Å².